The minimum Gasteiger partial charge on any atom is -0.306 e. The lowest BCUT2D eigenvalue weighted by molar-refractivity contribution is -0.122. The van der Waals surface area contributed by atoms with Gasteiger partial charge in [0.2, 0.25) is 11.8 Å². The van der Waals surface area contributed by atoms with E-state index in [1.807, 2.05) is 11.0 Å². The Hall–Kier alpha value is -2.21. The Morgan fingerprint density at radius 3 is 2.38 bits per heavy atom. The third kappa shape index (κ3) is 4.22. The third-order valence-corrected chi connectivity index (χ3v) is 6.63. The molecule has 2 saturated carbocycles. The zero-order valence-corrected chi connectivity index (χ0v) is 17.3. The maximum Gasteiger partial charge on any atom is 0.247 e. The third-order valence-electron chi connectivity index (χ3n) is 6.63. The van der Waals surface area contributed by atoms with Gasteiger partial charge in [-0.05, 0) is 50.8 Å². The number of fused-ring (bicyclic) bond motifs is 1. The molecule has 0 aromatic heterocycles. The van der Waals surface area contributed by atoms with E-state index in [1.165, 1.54) is 26.2 Å². The van der Waals surface area contributed by atoms with Crippen molar-refractivity contribution in [3.05, 3.63) is 23.8 Å². The van der Waals surface area contributed by atoms with Crippen molar-refractivity contribution >= 4 is 29.0 Å². The second kappa shape index (κ2) is 8.66. The molecule has 1 aliphatic heterocycles. The molecule has 2 aliphatic carbocycles. The van der Waals surface area contributed by atoms with Crippen LogP contribution in [0.5, 0.6) is 0 Å². The number of amides is 2. The van der Waals surface area contributed by atoms with Crippen molar-refractivity contribution in [2.24, 2.45) is 0 Å². The van der Waals surface area contributed by atoms with Gasteiger partial charge in [0.25, 0.3) is 0 Å². The molecule has 0 spiro atoms. The van der Waals surface area contributed by atoms with E-state index in [0.29, 0.717) is 17.3 Å². The predicted octanol–water partition coefficient (Wildman–Crippen LogP) is 3.43. The molecule has 4 rings (SSSR count). The summed E-state index contributed by atoms with van der Waals surface area (Å²) in [5.41, 5.74) is 2.03. The Kier molecular flexibility index (Phi) is 5.99. The van der Waals surface area contributed by atoms with Crippen molar-refractivity contribution < 1.29 is 14.4 Å². The Morgan fingerprint density at radius 2 is 1.69 bits per heavy atom. The van der Waals surface area contributed by atoms with E-state index in [4.69, 9.17) is 0 Å². The highest BCUT2D eigenvalue weighted by Crippen LogP contribution is 2.39. The van der Waals surface area contributed by atoms with Crippen LogP contribution >= 0.6 is 0 Å². The summed E-state index contributed by atoms with van der Waals surface area (Å²) < 4.78 is 0. The number of carbonyl (C=O) groups is 3. The smallest absolute Gasteiger partial charge is 0.247 e. The second-order valence-corrected chi connectivity index (χ2v) is 8.66. The summed E-state index contributed by atoms with van der Waals surface area (Å²) in [6.45, 7) is 1.81. The Labute approximate surface area is 172 Å². The van der Waals surface area contributed by atoms with Gasteiger partial charge in [-0.2, -0.15) is 0 Å². The fourth-order valence-electron chi connectivity index (χ4n) is 5.01. The number of hydrogen-bond acceptors (Lipinski definition) is 4. The fraction of sp³-hybridized carbons (Fsp3) is 0.609. The summed E-state index contributed by atoms with van der Waals surface area (Å²) >= 11 is 0. The number of Topliss-reactive ketones (excluding diaryl/α,β-unsaturated/α-hetero) is 1. The standard InChI is InChI=1S/C23H31N3O3/c1-16(27)17-11-12-20-21(13-17)25(15-23(29)26(20)19-9-5-6-10-19)22(28)14-24-18-7-3-2-4-8-18/h11-13,18-19,24H,2-10,14-15H2,1H3. The van der Waals surface area contributed by atoms with Crippen LogP contribution in [0.15, 0.2) is 18.2 Å². The molecule has 0 atom stereocenters. The van der Waals surface area contributed by atoms with E-state index < -0.39 is 0 Å². The zero-order chi connectivity index (χ0) is 20.4. The van der Waals surface area contributed by atoms with Gasteiger partial charge in [-0.3, -0.25) is 19.3 Å². The van der Waals surface area contributed by atoms with Crippen LogP contribution in [0.1, 0.15) is 75.1 Å². The topological polar surface area (TPSA) is 69.7 Å². The van der Waals surface area contributed by atoms with E-state index in [-0.39, 0.29) is 36.7 Å². The molecule has 2 amide bonds. The summed E-state index contributed by atoms with van der Waals surface area (Å²) in [5.74, 6) is -0.159. The Bertz CT molecular complexity index is 795. The van der Waals surface area contributed by atoms with Gasteiger partial charge < -0.3 is 10.2 Å². The summed E-state index contributed by atoms with van der Waals surface area (Å²) in [6, 6.07) is 5.97. The van der Waals surface area contributed by atoms with Crippen LogP contribution < -0.4 is 15.1 Å². The molecule has 29 heavy (non-hydrogen) atoms. The minimum absolute atomic E-state index is 0.0222. The van der Waals surface area contributed by atoms with Crippen LogP contribution in [0, 0.1) is 0 Å². The first kappa shape index (κ1) is 20.1. The first-order valence-electron chi connectivity index (χ1n) is 11.1. The number of nitrogens with one attached hydrogen (secondary N) is 1. The van der Waals surface area contributed by atoms with E-state index in [9.17, 15) is 14.4 Å². The maximum absolute atomic E-state index is 13.1. The van der Waals surface area contributed by atoms with E-state index in [1.54, 1.807) is 17.0 Å². The van der Waals surface area contributed by atoms with Crippen molar-refractivity contribution in [1.82, 2.24) is 5.32 Å². The highest BCUT2D eigenvalue weighted by molar-refractivity contribution is 6.13. The molecule has 1 heterocycles. The molecule has 0 radical (unpaired) electrons. The van der Waals surface area contributed by atoms with Crippen molar-refractivity contribution in [2.45, 2.75) is 76.8 Å². The number of nitrogens with zero attached hydrogens (tertiary/aromatic N) is 2. The van der Waals surface area contributed by atoms with Gasteiger partial charge in [-0.25, -0.2) is 0 Å². The molecule has 6 heteroatoms. The SMILES string of the molecule is CC(=O)c1ccc2c(c1)N(C(=O)CNC1CCCCC1)CC(=O)N2C1CCCC1. The van der Waals surface area contributed by atoms with Gasteiger partial charge in [0.05, 0.1) is 17.9 Å². The van der Waals surface area contributed by atoms with Crippen LogP contribution in [0.2, 0.25) is 0 Å². The molecule has 156 valence electrons. The quantitative estimate of drug-likeness (QED) is 0.773. The maximum atomic E-state index is 13.1. The van der Waals surface area contributed by atoms with Crippen molar-refractivity contribution in [3.8, 4) is 0 Å². The first-order chi connectivity index (χ1) is 14.0. The van der Waals surface area contributed by atoms with Gasteiger partial charge in [0.1, 0.15) is 6.54 Å². The summed E-state index contributed by atoms with van der Waals surface area (Å²) in [7, 11) is 0. The van der Waals surface area contributed by atoms with Crippen molar-refractivity contribution in [1.29, 1.82) is 0 Å². The molecular formula is C23H31N3O3. The van der Waals surface area contributed by atoms with Crippen molar-refractivity contribution in [3.63, 3.8) is 0 Å². The van der Waals surface area contributed by atoms with Gasteiger partial charge in [-0.1, -0.05) is 32.1 Å². The number of hydrogen-bond donors (Lipinski definition) is 1. The van der Waals surface area contributed by atoms with Gasteiger partial charge in [0.15, 0.2) is 5.78 Å². The lowest BCUT2D eigenvalue weighted by atomic mass is 9.95. The normalized spacial score (nSPS) is 20.8. The number of carbonyl (C=O) groups excluding carboxylic acids is 3. The first-order valence-corrected chi connectivity index (χ1v) is 11.1. The highest BCUT2D eigenvalue weighted by atomic mass is 16.2. The van der Waals surface area contributed by atoms with Crippen LogP contribution in [-0.4, -0.2) is 42.8 Å². The zero-order valence-electron chi connectivity index (χ0n) is 17.3. The molecule has 0 bridgehead atoms. The molecular weight excluding hydrogens is 366 g/mol. The molecule has 2 fully saturated rings. The molecule has 6 nitrogen and oxygen atoms in total. The molecule has 3 aliphatic rings. The van der Waals surface area contributed by atoms with Gasteiger partial charge >= 0.3 is 0 Å². The second-order valence-electron chi connectivity index (χ2n) is 8.66. The monoisotopic (exact) mass is 397 g/mol. The van der Waals surface area contributed by atoms with Crippen molar-refractivity contribution in [2.75, 3.05) is 22.9 Å². The Balaban J connectivity index is 1.59. The number of anilines is 2. The number of ketones is 1. The average Bonchev–Trinajstić information content (AvgIpc) is 3.26. The Morgan fingerprint density at radius 1 is 1.00 bits per heavy atom. The average molecular weight is 398 g/mol. The van der Waals surface area contributed by atoms with Crippen LogP contribution in [0.3, 0.4) is 0 Å². The van der Waals surface area contributed by atoms with E-state index in [2.05, 4.69) is 5.32 Å². The molecule has 1 N–H and O–H groups in total. The van der Waals surface area contributed by atoms with Crippen LogP contribution in [0.4, 0.5) is 11.4 Å². The van der Waals surface area contributed by atoms with Gasteiger partial charge in [-0.15, -0.1) is 0 Å². The lowest BCUT2D eigenvalue weighted by Crippen LogP contribution is -2.53. The van der Waals surface area contributed by atoms with Crippen LogP contribution in [0.25, 0.3) is 0 Å². The van der Waals surface area contributed by atoms with Gasteiger partial charge in [0, 0.05) is 17.6 Å². The fourth-order valence-corrected chi connectivity index (χ4v) is 5.01. The summed E-state index contributed by atoms with van der Waals surface area (Å²) in [6.07, 6.45) is 10.1. The minimum atomic E-state index is -0.100. The van der Waals surface area contributed by atoms with E-state index in [0.717, 1.165) is 44.2 Å². The summed E-state index contributed by atoms with van der Waals surface area (Å²) in [5, 5.41) is 3.38. The predicted molar refractivity (Wildman–Crippen MR) is 113 cm³/mol. The molecule has 0 saturated heterocycles. The highest BCUT2D eigenvalue weighted by Gasteiger charge is 2.37. The molecule has 0 unspecified atom stereocenters. The summed E-state index contributed by atoms with van der Waals surface area (Å²) in [4.78, 5) is 41.5. The van der Waals surface area contributed by atoms with E-state index >= 15 is 0 Å². The lowest BCUT2D eigenvalue weighted by Gasteiger charge is -2.39. The molecule has 1 aromatic rings. The van der Waals surface area contributed by atoms with Crippen LogP contribution in [-0.2, 0) is 9.59 Å². The largest absolute Gasteiger partial charge is 0.306 e. The number of rotatable bonds is 5. The molecule has 1 aromatic carbocycles. The number of benzene rings is 1.